The summed E-state index contributed by atoms with van der Waals surface area (Å²) in [5.74, 6) is 1.34. The quantitative estimate of drug-likeness (QED) is 0.430. The lowest BCUT2D eigenvalue weighted by Gasteiger charge is -2.20. The summed E-state index contributed by atoms with van der Waals surface area (Å²) in [7, 11) is 0. The second-order valence-electron chi connectivity index (χ2n) is 4.12. The Bertz CT molecular complexity index is 699. The number of esters is 1. The van der Waals surface area contributed by atoms with Crippen LogP contribution in [0, 0.1) is 12.3 Å². The predicted octanol–water partition coefficient (Wildman–Crippen LogP) is 3.08. The largest absolute Gasteiger partial charge is 0.444 e. The van der Waals surface area contributed by atoms with Gasteiger partial charge in [0.1, 0.15) is 6.10 Å². The topological polar surface area (TPSA) is 26.3 Å². The van der Waals surface area contributed by atoms with Crippen molar-refractivity contribution in [1.82, 2.24) is 0 Å². The molecule has 86 valence electrons. The molecule has 0 bridgehead atoms. The lowest BCUT2D eigenvalue weighted by Crippen LogP contribution is -2.10. The zero-order valence-corrected chi connectivity index (χ0v) is 9.59. The van der Waals surface area contributed by atoms with Crippen molar-refractivity contribution < 1.29 is 9.53 Å². The molecule has 1 atom stereocenters. The van der Waals surface area contributed by atoms with Crippen molar-refractivity contribution in [2.75, 3.05) is 0 Å². The van der Waals surface area contributed by atoms with E-state index in [1.54, 1.807) is 0 Å². The van der Waals surface area contributed by atoms with Crippen LogP contribution in [0.1, 0.15) is 17.2 Å². The van der Waals surface area contributed by atoms with Gasteiger partial charge in [-0.1, -0.05) is 42.5 Å². The van der Waals surface area contributed by atoms with Gasteiger partial charge in [0.25, 0.3) is 0 Å². The van der Waals surface area contributed by atoms with Crippen molar-refractivity contribution in [3.8, 4) is 12.3 Å². The van der Waals surface area contributed by atoms with E-state index in [9.17, 15) is 4.79 Å². The first kappa shape index (κ1) is 10.6. The van der Waals surface area contributed by atoms with Gasteiger partial charge >= 0.3 is 5.97 Å². The van der Waals surface area contributed by atoms with Crippen LogP contribution in [-0.2, 0) is 9.53 Å². The monoisotopic (exact) mass is 234 g/mol. The van der Waals surface area contributed by atoms with Crippen molar-refractivity contribution in [2.45, 2.75) is 6.10 Å². The molecule has 0 saturated carbocycles. The fourth-order valence-electron chi connectivity index (χ4n) is 2.32. The Morgan fingerprint density at radius 1 is 1.22 bits per heavy atom. The van der Waals surface area contributed by atoms with E-state index in [1.165, 1.54) is 0 Å². The van der Waals surface area contributed by atoms with Gasteiger partial charge in [0.15, 0.2) is 0 Å². The van der Waals surface area contributed by atoms with E-state index < -0.39 is 12.1 Å². The second-order valence-corrected chi connectivity index (χ2v) is 4.12. The Labute approximate surface area is 105 Å². The number of ether oxygens (including phenoxy) is 1. The average molecular weight is 234 g/mol. The molecule has 3 rings (SSSR count). The lowest BCUT2D eigenvalue weighted by molar-refractivity contribution is -0.140. The van der Waals surface area contributed by atoms with Gasteiger partial charge < -0.3 is 4.74 Å². The van der Waals surface area contributed by atoms with Crippen LogP contribution >= 0.6 is 0 Å². The Kier molecular flexibility index (Phi) is 2.39. The van der Waals surface area contributed by atoms with Crippen LogP contribution in [0.2, 0.25) is 0 Å². The molecule has 0 heterocycles. The third-order valence-electron chi connectivity index (χ3n) is 3.08. The summed E-state index contributed by atoms with van der Waals surface area (Å²) in [5, 5.41) is 2.26. The van der Waals surface area contributed by atoms with E-state index in [1.807, 2.05) is 54.5 Å². The Morgan fingerprint density at radius 3 is 2.78 bits per heavy atom. The summed E-state index contributed by atoms with van der Waals surface area (Å²) in [6.45, 7) is 0. The minimum Gasteiger partial charge on any atom is -0.444 e. The van der Waals surface area contributed by atoms with Crippen LogP contribution < -0.4 is 0 Å². The summed E-state index contributed by atoms with van der Waals surface area (Å²) in [5.41, 5.74) is 2.12. The van der Waals surface area contributed by atoms with Crippen LogP contribution in [0.4, 0.5) is 0 Å². The molecular formula is C16H10O2. The molecule has 1 aliphatic carbocycles. The van der Waals surface area contributed by atoms with E-state index in [2.05, 4.69) is 0 Å². The smallest absolute Gasteiger partial charge is 0.385 e. The Morgan fingerprint density at radius 2 is 2.00 bits per heavy atom. The number of benzene rings is 2. The summed E-state index contributed by atoms with van der Waals surface area (Å²) < 4.78 is 5.23. The van der Waals surface area contributed by atoms with Crippen molar-refractivity contribution in [3.63, 3.8) is 0 Å². The van der Waals surface area contributed by atoms with Gasteiger partial charge in [0.2, 0.25) is 0 Å². The number of rotatable bonds is 1. The molecule has 0 spiro atoms. The zero-order chi connectivity index (χ0) is 12.5. The SMILES string of the molecule is C#CC(=O)OC1C=Cc2cccc3cccc1c23. The normalized spacial score (nSPS) is 16.3. The zero-order valence-electron chi connectivity index (χ0n) is 9.59. The van der Waals surface area contributed by atoms with Crippen molar-refractivity contribution in [2.24, 2.45) is 0 Å². The second kappa shape index (κ2) is 4.05. The first-order valence-corrected chi connectivity index (χ1v) is 5.66. The summed E-state index contributed by atoms with van der Waals surface area (Å²) in [6, 6.07) is 12.1. The van der Waals surface area contributed by atoms with Gasteiger partial charge in [-0.3, -0.25) is 0 Å². The van der Waals surface area contributed by atoms with Crippen molar-refractivity contribution >= 4 is 22.8 Å². The highest BCUT2D eigenvalue weighted by Gasteiger charge is 2.19. The van der Waals surface area contributed by atoms with Gasteiger partial charge in [0, 0.05) is 11.5 Å². The van der Waals surface area contributed by atoms with Crippen LogP contribution in [0.5, 0.6) is 0 Å². The Hall–Kier alpha value is -2.53. The van der Waals surface area contributed by atoms with Gasteiger partial charge in [-0.25, -0.2) is 4.79 Å². The third kappa shape index (κ3) is 1.57. The molecule has 18 heavy (non-hydrogen) atoms. The maximum atomic E-state index is 11.2. The molecule has 0 fully saturated rings. The molecule has 2 aromatic rings. The minimum atomic E-state index is -0.638. The molecule has 0 amide bonds. The van der Waals surface area contributed by atoms with Gasteiger partial charge in [-0.05, 0) is 22.4 Å². The number of hydrogen-bond acceptors (Lipinski definition) is 2. The van der Waals surface area contributed by atoms with Crippen LogP contribution in [0.15, 0.2) is 42.5 Å². The van der Waals surface area contributed by atoms with E-state index in [-0.39, 0.29) is 0 Å². The Balaban J connectivity index is 2.16. The molecule has 0 N–H and O–H groups in total. The first-order chi connectivity index (χ1) is 8.79. The van der Waals surface area contributed by atoms with Crippen LogP contribution in [-0.4, -0.2) is 5.97 Å². The maximum Gasteiger partial charge on any atom is 0.385 e. The summed E-state index contributed by atoms with van der Waals surface area (Å²) in [6.07, 6.45) is 8.45. The third-order valence-corrected chi connectivity index (χ3v) is 3.08. The average Bonchev–Trinajstić information content (AvgIpc) is 2.42. The van der Waals surface area contributed by atoms with Crippen LogP contribution in [0.25, 0.3) is 16.8 Å². The van der Waals surface area contributed by atoms with Gasteiger partial charge in [-0.2, -0.15) is 0 Å². The van der Waals surface area contributed by atoms with Crippen LogP contribution in [0.3, 0.4) is 0 Å². The standard InChI is InChI=1S/C16H10O2/c1-2-15(17)18-14-10-9-12-6-3-5-11-7-4-8-13(14)16(11)12/h1,3-10,14H. The van der Waals surface area contributed by atoms with Gasteiger partial charge in [0.05, 0.1) is 0 Å². The fourth-order valence-corrected chi connectivity index (χ4v) is 2.32. The minimum absolute atomic E-state index is 0.396. The number of carbonyl (C=O) groups excluding carboxylic acids is 1. The molecule has 2 aromatic carbocycles. The molecule has 1 unspecified atom stereocenters. The summed E-state index contributed by atoms with van der Waals surface area (Å²) >= 11 is 0. The van der Waals surface area contributed by atoms with Crippen molar-refractivity contribution in [1.29, 1.82) is 0 Å². The molecule has 0 aliphatic heterocycles. The van der Waals surface area contributed by atoms with E-state index >= 15 is 0 Å². The molecular weight excluding hydrogens is 224 g/mol. The van der Waals surface area contributed by atoms with E-state index in [4.69, 9.17) is 11.2 Å². The molecule has 0 aromatic heterocycles. The first-order valence-electron chi connectivity index (χ1n) is 5.66. The number of terminal acetylenes is 1. The van der Waals surface area contributed by atoms with E-state index in [0.717, 1.165) is 21.9 Å². The van der Waals surface area contributed by atoms with E-state index in [0.29, 0.717) is 0 Å². The molecule has 1 aliphatic rings. The van der Waals surface area contributed by atoms with Gasteiger partial charge in [-0.15, -0.1) is 6.42 Å². The fraction of sp³-hybridized carbons (Fsp3) is 0.0625. The predicted molar refractivity (Wildman–Crippen MR) is 70.6 cm³/mol. The molecule has 0 saturated heterocycles. The summed E-state index contributed by atoms with van der Waals surface area (Å²) in [4.78, 5) is 11.2. The highest BCUT2D eigenvalue weighted by atomic mass is 16.5. The highest BCUT2D eigenvalue weighted by molar-refractivity contribution is 5.96. The molecule has 0 radical (unpaired) electrons. The number of carbonyl (C=O) groups is 1. The maximum absolute atomic E-state index is 11.2. The molecule has 2 heteroatoms. The number of hydrogen-bond donors (Lipinski definition) is 0. The molecule has 2 nitrogen and oxygen atoms in total. The highest BCUT2D eigenvalue weighted by Crippen LogP contribution is 2.35. The lowest BCUT2D eigenvalue weighted by atomic mass is 9.91. The van der Waals surface area contributed by atoms with Crippen molar-refractivity contribution in [3.05, 3.63) is 53.6 Å².